The number of nitrogens with zero attached hydrogens (tertiary/aromatic N) is 1. The van der Waals surface area contributed by atoms with Crippen LogP contribution in [0.3, 0.4) is 0 Å². The van der Waals surface area contributed by atoms with E-state index in [4.69, 9.17) is 0 Å². The second-order valence-corrected chi connectivity index (χ2v) is 7.97. The molecule has 3 nitrogen and oxygen atoms in total. The fourth-order valence-corrected chi connectivity index (χ4v) is 2.99. The minimum absolute atomic E-state index is 0.00765. The number of carbonyl (C=O) groups excluding carboxylic acids is 1. The van der Waals surface area contributed by atoms with Crippen LogP contribution < -0.4 is 5.43 Å². The topological polar surface area (TPSA) is 41.5 Å². The zero-order valence-corrected chi connectivity index (χ0v) is 15.4. The Hall–Kier alpha value is -2.42. The van der Waals surface area contributed by atoms with Gasteiger partial charge in [-0.25, -0.2) is 5.43 Å². The predicted octanol–water partition coefficient (Wildman–Crippen LogP) is 4.55. The van der Waals surface area contributed by atoms with Crippen molar-refractivity contribution in [1.29, 1.82) is 0 Å². The van der Waals surface area contributed by atoms with Crippen molar-refractivity contribution in [3.05, 3.63) is 70.8 Å². The highest BCUT2D eigenvalue weighted by molar-refractivity contribution is 5.85. The summed E-state index contributed by atoms with van der Waals surface area (Å²) in [6.07, 6.45) is 2.59. The minimum atomic E-state index is 0.00765. The maximum absolute atomic E-state index is 12.2. The number of nitrogens with one attached hydrogen (secondary N) is 1. The molecule has 2 aromatic carbocycles. The summed E-state index contributed by atoms with van der Waals surface area (Å²) in [6.45, 7) is 8.67. The van der Waals surface area contributed by atoms with E-state index in [1.54, 1.807) is 6.21 Å². The van der Waals surface area contributed by atoms with Gasteiger partial charge in [0.15, 0.2) is 0 Å². The van der Waals surface area contributed by atoms with Crippen LogP contribution in [0.5, 0.6) is 0 Å². The van der Waals surface area contributed by atoms with Gasteiger partial charge in [0.05, 0.1) is 6.21 Å². The second-order valence-electron chi connectivity index (χ2n) is 7.97. The maximum Gasteiger partial charge on any atom is 0.243 e. The number of rotatable bonds is 4. The molecule has 2 aromatic rings. The third-order valence-corrected chi connectivity index (χ3v) is 4.80. The lowest BCUT2D eigenvalue weighted by molar-refractivity contribution is -0.122. The van der Waals surface area contributed by atoms with E-state index >= 15 is 0 Å². The second kappa shape index (κ2) is 6.83. The van der Waals surface area contributed by atoms with Crippen LogP contribution in [0.25, 0.3) is 0 Å². The molecular formula is C22H26N2O. The molecule has 0 aromatic heterocycles. The summed E-state index contributed by atoms with van der Waals surface area (Å²) < 4.78 is 0. The number of hydrogen-bond acceptors (Lipinski definition) is 2. The van der Waals surface area contributed by atoms with E-state index in [0.29, 0.717) is 5.92 Å². The van der Waals surface area contributed by atoms with Crippen molar-refractivity contribution in [2.24, 2.45) is 11.0 Å². The smallest absolute Gasteiger partial charge is 0.243 e. The van der Waals surface area contributed by atoms with E-state index in [-0.39, 0.29) is 17.2 Å². The quantitative estimate of drug-likeness (QED) is 0.647. The van der Waals surface area contributed by atoms with Crippen molar-refractivity contribution in [3.8, 4) is 0 Å². The zero-order valence-electron chi connectivity index (χ0n) is 15.4. The Labute approximate surface area is 150 Å². The van der Waals surface area contributed by atoms with Crippen molar-refractivity contribution in [2.45, 2.75) is 45.4 Å². The van der Waals surface area contributed by atoms with Gasteiger partial charge in [0, 0.05) is 5.92 Å². The molecule has 1 amide bonds. The van der Waals surface area contributed by atoms with Gasteiger partial charge in [-0.15, -0.1) is 0 Å². The molecule has 0 radical (unpaired) electrons. The first-order chi connectivity index (χ1) is 11.8. The average Bonchev–Trinajstić information content (AvgIpc) is 3.37. The van der Waals surface area contributed by atoms with Gasteiger partial charge >= 0.3 is 0 Å². The monoisotopic (exact) mass is 334 g/mol. The van der Waals surface area contributed by atoms with Crippen LogP contribution in [0.15, 0.2) is 53.6 Å². The van der Waals surface area contributed by atoms with Crippen molar-refractivity contribution in [2.75, 3.05) is 0 Å². The molecule has 3 rings (SSSR count). The summed E-state index contributed by atoms with van der Waals surface area (Å²) in [4.78, 5) is 12.2. The summed E-state index contributed by atoms with van der Waals surface area (Å²) in [6, 6.07) is 16.7. The van der Waals surface area contributed by atoms with Crippen LogP contribution in [-0.2, 0) is 10.2 Å². The van der Waals surface area contributed by atoms with Crippen LogP contribution in [0.1, 0.15) is 55.4 Å². The first kappa shape index (κ1) is 17.4. The van der Waals surface area contributed by atoms with Crippen molar-refractivity contribution >= 4 is 12.1 Å². The molecule has 1 saturated carbocycles. The Balaban J connectivity index is 1.54. The van der Waals surface area contributed by atoms with E-state index in [0.717, 1.165) is 12.0 Å². The van der Waals surface area contributed by atoms with E-state index < -0.39 is 0 Å². The molecule has 130 valence electrons. The Morgan fingerprint density at radius 3 is 2.32 bits per heavy atom. The van der Waals surface area contributed by atoms with Crippen LogP contribution in [0, 0.1) is 12.8 Å². The number of amides is 1. The minimum Gasteiger partial charge on any atom is -0.273 e. The van der Waals surface area contributed by atoms with Crippen molar-refractivity contribution in [1.82, 2.24) is 5.43 Å². The van der Waals surface area contributed by atoms with E-state index in [2.05, 4.69) is 55.6 Å². The fraction of sp³-hybridized carbons (Fsp3) is 0.364. The summed E-state index contributed by atoms with van der Waals surface area (Å²) >= 11 is 0. The molecule has 25 heavy (non-hydrogen) atoms. The highest BCUT2D eigenvalue weighted by Crippen LogP contribution is 2.47. The first-order valence-corrected chi connectivity index (χ1v) is 8.84. The van der Waals surface area contributed by atoms with Gasteiger partial charge < -0.3 is 0 Å². The summed E-state index contributed by atoms with van der Waals surface area (Å²) in [5.74, 6) is 0.368. The zero-order chi connectivity index (χ0) is 18.0. The Bertz CT molecular complexity index is 767. The average molecular weight is 334 g/mol. The SMILES string of the molecule is Cc1ccc(/C=N/NC(=O)C2CC2c2ccc(C(C)(C)C)cc2)cc1. The molecule has 2 unspecified atom stereocenters. The van der Waals surface area contributed by atoms with E-state index in [9.17, 15) is 4.79 Å². The molecule has 1 fully saturated rings. The molecular weight excluding hydrogens is 308 g/mol. The Kier molecular flexibility index (Phi) is 4.76. The maximum atomic E-state index is 12.2. The van der Waals surface area contributed by atoms with E-state index in [1.165, 1.54) is 16.7 Å². The third kappa shape index (κ3) is 4.36. The molecule has 3 heteroatoms. The lowest BCUT2D eigenvalue weighted by atomic mass is 9.86. The van der Waals surface area contributed by atoms with Gasteiger partial charge in [-0.3, -0.25) is 4.79 Å². The van der Waals surface area contributed by atoms with Gasteiger partial charge in [0.2, 0.25) is 5.91 Å². The summed E-state index contributed by atoms with van der Waals surface area (Å²) in [5.41, 5.74) is 7.59. The molecule has 1 aliphatic rings. The lowest BCUT2D eigenvalue weighted by Crippen LogP contribution is -2.20. The normalized spacial score (nSPS) is 19.8. The predicted molar refractivity (Wildman–Crippen MR) is 103 cm³/mol. The molecule has 0 bridgehead atoms. The largest absolute Gasteiger partial charge is 0.273 e. The highest BCUT2D eigenvalue weighted by Gasteiger charge is 2.43. The molecule has 1 N–H and O–H groups in total. The molecule has 0 spiro atoms. The van der Waals surface area contributed by atoms with Gasteiger partial charge in [-0.05, 0) is 41.4 Å². The number of aryl methyl sites for hydroxylation is 1. The molecule has 0 aliphatic heterocycles. The molecule has 0 saturated heterocycles. The summed E-state index contributed by atoms with van der Waals surface area (Å²) in [7, 11) is 0. The van der Waals surface area contributed by atoms with Gasteiger partial charge in [-0.2, -0.15) is 5.10 Å². The van der Waals surface area contributed by atoms with Gasteiger partial charge in [-0.1, -0.05) is 74.9 Å². The highest BCUT2D eigenvalue weighted by atomic mass is 16.2. The number of carbonyl (C=O) groups is 1. The van der Waals surface area contributed by atoms with Gasteiger partial charge in [0.1, 0.15) is 0 Å². The van der Waals surface area contributed by atoms with Crippen LogP contribution in [0.4, 0.5) is 0 Å². The van der Waals surface area contributed by atoms with Crippen LogP contribution in [0.2, 0.25) is 0 Å². The molecule has 2 atom stereocenters. The fourth-order valence-electron chi connectivity index (χ4n) is 2.99. The first-order valence-electron chi connectivity index (χ1n) is 8.84. The standard InChI is InChI=1S/C22H26N2O/c1-15-5-7-16(8-6-15)14-23-24-21(25)20-13-19(20)17-9-11-18(12-10-17)22(2,3)4/h5-12,14,19-20H,13H2,1-4H3,(H,24,25)/b23-14+. The van der Waals surface area contributed by atoms with Crippen LogP contribution in [-0.4, -0.2) is 12.1 Å². The van der Waals surface area contributed by atoms with E-state index in [1.807, 2.05) is 31.2 Å². The molecule has 1 aliphatic carbocycles. The van der Waals surface area contributed by atoms with Gasteiger partial charge in [0.25, 0.3) is 0 Å². The Morgan fingerprint density at radius 2 is 1.72 bits per heavy atom. The Morgan fingerprint density at radius 1 is 1.08 bits per heavy atom. The molecule has 0 heterocycles. The summed E-state index contributed by atoms with van der Waals surface area (Å²) in [5, 5.41) is 4.08. The van der Waals surface area contributed by atoms with Crippen molar-refractivity contribution < 1.29 is 4.79 Å². The third-order valence-electron chi connectivity index (χ3n) is 4.80. The number of hydrazone groups is 1. The van der Waals surface area contributed by atoms with Crippen LogP contribution >= 0.6 is 0 Å². The number of benzene rings is 2. The number of hydrogen-bond donors (Lipinski definition) is 1. The van der Waals surface area contributed by atoms with Crippen molar-refractivity contribution in [3.63, 3.8) is 0 Å². The lowest BCUT2D eigenvalue weighted by Gasteiger charge is -2.19.